The average molecular weight is 323 g/mol. The van der Waals surface area contributed by atoms with Crippen LogP contribution >= 0.6 is 11.3 Å². The Morgan fingerprint density at radius 2 is 1.74 bits per heavy atom. The molecule has 0 spiro atoms. The SMILES string of the molecule is CC(NC(=O)c1ccccc1Oc1ccccc1)c1cccs1. The first-order valence-electron chi connectivity index (χ1n) is 7.40. The van der Waals surface area contributed by atoms with E-state index in [9.17, 15) is 4.79 Å². The summed E-state index contributed by atoms with van der Waals surface area (Å²) in [6.07, 6.45) is 0. The molecule has 1 atom stereocenters. The van der Waals surface area contributed by atoms with Gasteiger partial charge >= 0.3 is 0 Å². The second-order valence-electron chi connectivity index (χ2n) is 5.12. The van der Waals surface area contributed by atoms with Crippen molar-refractivity contribution in [3.8, 4) is 11.5 Å². The number of para-hydroxylation sites is 2. The highest BCUT2D eigenvalue weighted by atomic mass is 32.1. The maximum Gasteiger partial charge on any atom is 0.255 e. The standard InChI is InChI=1S/C19H17NO2S/c1-14(18-12-7-13-23-18)20-19(21)16-10-5-6-11-17(16)22-15-8-3-2-4-9-15/h2-14H,1H3,(H,20,21). The molecule has 23 heavy (non-hydrogen) atoms. The topological polar surface area (TPSA) is 38.3 Å². The highest BCUT2D eigenvalue weighted by Crippen LogP contribution is 2.26. The Kier molecular flexibility index (Phi) is 4.74. The van der Waals surface area contributed by atoms with Crippen LogP contribution in [0.1, 0.15) is 28.2 Å². The molecule has 3 aromatic rings. The van der Waals surface area contributed by atoms with Crippen LogP contribution in [-0.4, -0.2) is 5.91 Å². The van der Waals surface area contributed by atoms with Gasteiger partial charge in [0.05, 0.1) is 11.6 Å². The largest absolute Gasteiger partial charge is 0.457 e. The highest BCUT2D eigenvalue weighted by molar-refractivity contribution is 7.10. The number of hydrogen-bond acceptors (Lipinski definition) is 3. The second kappa shape index (κ2) is 7.11. The lowest BCUT2D eigenvalue weighted by atomic mass is 10.1. The van der Waals surface area contributed by atoms with E-state index >= 15 is 0 Å². The van der Waals surface area contributed by atoms with Crippen LogP contribution in [0.4, 0.5) is 0 Å². The van der Waals surface area contributed by atoms with Gasteiger partial charge in [-0.3, -0.25) is 4.79 Å². The van der Waals surface area contributed by atoms with Crippen molar-refractivity contribution in [3.63, 3.8) is 0 Å². The highest BCUT2D eigenvalue weighted by Gasteiger charge is 2.16. The molecular weight excluding hydrogens is 306 g/mol. The molecule has 1 N–H and O–H groups in total. The number of amides is 1. The van der Waals surface area contributed by atoms with E-state index in [4.69, 9.17) is 4.74 Å². The van der Waals surface area contributed by atoms with Gasteiger partial charge in [-0.25, -0.2) is 0 Å². The van der Waals surface area contributed by atoms with Gasteiger partial charge in [0.2, 0.25) is 0 Å². The third-order valence-corrected chi connectivity index (χ3v) is 4.48. The molecule has 2 aromatic carbocycles. The van der Waals surface area contributed by atoms with Gasteiger partial charge in [0, 0.05) is 4.88 Å². The summed E-state index contributed by atoms with van der Waals surface area (Å²) in [6.45, 7) is 1.98. The molecule has 1 amide bonds. The quantitative estimate of drug-likeness (QED) is 0.715. The summed E-state index contributed by atoms with van der Waals surface area (Å²) in [5.41, 5.74) is 0.528. The van der Waals surface area contributed by atoms with Crippen molar-refractivity contribution in [2.45, 2.75) is 13.0 Å². The summed E-state index contributed by atoms with van der Waals surface area (Å²) in [7, 11) is 0. The van der Waals surface area contributed by atoms with E-state index in [0.717, 1.165) is 4.88 Å². The van der Waals surface area contributed by atoms with Crippen molar-refractivity contribution in [2.75, 3.05) is 0 Å². The molecule has 0 aliphatic rings. The lowest BCUT2D eigenvalue weighted by Gasteiger charge is -2.15. The Morgan fingerprint density at radius 3 is 2.48 bits per heavy atom. The molecule has 0 fully saturated rings. The molecule has 3 nitrogen and oxygen atoms in total. The Balaban J connectivity index is 1.78. The molecule has 0 saturated carbocycles. The van der Waals surface area contributed by atoms with Gasteiger partial charge in [-0.2, -0.15) is 0 Å². The molecule has 116 valence electrons. The third kappa shape index (κ3) is 3.79. The van der Waals surface area contributed by atoms with E-state index in [1.54, 1.807) is 23.5 Å². The zero-order valence-corrected chi connectivity index (χ0v) is 13.5. The minimum Gasteiger partial charge on any atom is -0.457 e. The third-order valence-electron chi connectivity index (χ3n) is 3.42. The smallest absolute Gasteiger partial charge is 0.255 e. The molecule has 1 unspecified atom stereocenters. The van der Waals surface area contributed by atoms with Crippen LogP contribution in [0, 0.1) is 0 Å². The second-order valence-corrected chi connectivity index (χ2v) is 6.10. The Bertz CT molecular complexity index is 769. The van der Waals surface area contributed by atoms with Gasteiger partial charge < -0.3 is 10.1 Å². The average Bonchev–Trinajstić information content (AvgIpc) is 3.11. The van der Waals surface area contributed by atoms with Gasteiger partial charge in [0.25, 0.3) is 5.91 Å². The molecule has 0 aliphatic carbocycles. The molecule has 4 heteroatoms. The van der Waals surface area contributed by atoms with Crippen molar-refractivity contribution in [1.82, 2.24) is 5.32 Å². The Labute approximate surface area is 139 Å². The number of ether oxygens (including phenoxy) is 1. The number of carbonyl (C=O) groups is 1. The van der Waals surface area contributed by atoms with Crippen molar-refractivity contribution in [1.29, 1.82) is 0 Å². The summed E-state index contributed by atoms with van der Waals surface area (Å²) in [4.78, 5) is 13.7. The number of carbonyl (C=O) groups excluding carboxylic acids is 1. The van der Waals surface area contributed by atoms with Crippen molar-refractivity contribution in [3.05, 3.63) is 82.6 Å². The van der Waals surface area contributed by atoms with Crippen LogP contribution in [0.3, 0.4) is 0 Å². The van der Waals surface area contributed by atoms with Gasteiger partial charge in [-0.15, -0.1) is 11.3 Å². The first-order chi connectivity index (χ1) is 11.2. The lowest BCUT2D eigenvalue weighted by Crippen LogP contribution is -2.26. The van der Waals surface area contributed by atoms with E-state index < -0.39 is 0 Å². The number of hydrogen-bond donors (Lipinski definition) is 1. The minimum absolute atomic E-state index is 0.0349. The first-order valence-corrected chi connectivity index (χ1v) is 8.28. The fourth-order valence-electron chi connectivity index (χ4n) is 2.24. The fourth-order valence-corrected chi connectivity index (χ4v) is 2.98. The molecule has 3 rings (SSSR count). The van der Waals surface area contributed by atoms with E-state index in [1.807, 2.05) is 66.9 Å². The Hall–Kier alpha value is -2.59. The van der Waals surface area contributed by atoms with Gasteiger partial charge in [-0.05, 0) is 42.6 Å². The Morgan fingerprint density at radius 1 is 1.00 bits per heavy atom. The molecule has 1 aromatic heterocycles. The molecule has 0 radical (unpaired) electrons. The molecule has 0 aliphatic heterocycles. The summed E-state index contributed by atoms with van der Waals surface area (Å²) < 4.78 is 5.84. The zero-order valence-electron chi connectivity index (χ0n) is 12.7. The number of thiophene rings is 1. The normalized spacial score (nSPS) is 11.7. The number of benzene rings is 2. The lowest BCUT2D eigenvalue weighted by molar-refractivity contribution is 0.0938. The van der Waals surface area contributed by atoms with E-state index in [2.05, 4.69) is 5.32 Å². The van der Waals surface area contributed by atoms with Crippen LogP contribution in [0.25, 0.3) is 0 Å². The zero-order chi connectivity index (χ0) is 16.1. The maximum atomic E-state index is 12.6. The van der Waals surface area contributed by atoms with Crippen molar-refractivity contribution in [2.24, 2.45) is 0 Å². The van der Waals surface area contributed by atoms with E-state index in [-0.39, 0.29) is 11.9 Å². The van der Waals surface area contributed by atoms with Gasteiger partial charge in [-0.1, -0.05) is 36.4 Å². The monoisotopic (exact) mass is 323 g/mol. The predicted molar refractivity (Wildman–Crippen MR) is 93.2 cm³/mol. The summed E-state index contributed by atoms with van der Waals surface area (Å²) >= 11 is 1.63. The maximum absolute atomic E-state index is 12.6. The first kappa shape index (κ1) is 15.3. The summed E-state index contributed by atoms with van der Waals surface area (Å²) in [5.74, 6) is 1.12. The van der Waals surface area contributed by atoms with Gasteiger partial charge in [0.1, 0.15) is 11.5 Å². The van der Waals surface area contributed by atoms with Crippen LogP contribution in [0.5, 0.6) is 11.5 Å². The van der Waals surface area contributed by atoms with Crippen LogP contribution in [-0.2, 0) is 0 Å². The van der Waals surface area contributed by atoms with Crippen LogP contribution < -0.4 is 10.1 Å². The van der Waals surface area contributed by atoms with Crippen LogP contribution in [0.15, 0.2) is 72.1 Å². The molecule has 0 saturated heterocycles. The number of nitrogens with one attached hydrogen (secondary N) is 1. The van der Waals surface area contributed by atoms with Gasteiger partial charge in [0.15, 0.2) is 0 Å². The van der Waals surface area contributed by atoms with Crippen molar-refractivity contribution >= 4 is 17.2 Å². The minimum atomic E-state index is -0.141. The molecule has 0 bridgehead atoms. The number of rotatable bonds is 5. The molecular formula is C19H17NO2S. The van der Waals surface area contributed by atoms with E-state index in [0.29, 0.717) is 17.1 Å². The summed E-state index contributed by atoms with van der Waals surface area (Å²) in [6, 6.07) is 20.7. The predicted octanol–water partition coefficient (Wildman–Crippen LogP) is 5.03. The summed E-state index contributed by atoms with van der Waals surface area (Å²) in [5, 5.41) is 5.02. The molecule has 1 heterocycles. The fraction of sp³-hybridized carbons (Fsp3) is 0.105. The van der Waals surface area contributed by atoms with Crippen molar-refractivity contribution < 1.29 is 9.53 Å². The van der Waals surface area contributed by atoms with Crippen LogP contribution in [0.2, 0.25) is 0 Å². The van der Waals surface area contributed by atoms with E-state index in [1.165, 1.54) is 0 Å².